The first kappa shape index (κ1) is 31.8. The highest BCUT2D eigenvalue weighted by Gasteiger charge is 2.34. The van der Waals surface area contributed by atoms with E-state index in [1.54, 1.807) is 11.1 Å². The summed E-state index contributed by atoms with van der Waals surface area (Å²) in [6.07, 6.45) is 6.66. The molecule has 8 aromatic rings. The van der Waals surface area contributed by atoms with Crippen molar-refractivity contribution in [3.8, 4) is 56.4 Å². The fourth-order valence-corrected chi connectivity index (χ4v) is 9.44. The fourth-order valence-electron chi connectivity index (χ4n) is 9.44. The Morgan fingerprint density at radius 3 is 1.43 bits per heavy atom. The summed E-state index contributed by atoms with van der Waals surface area (Å²) in [6, 6.07) is 54.5. The Hall–Kier alpha value is -5.93. The molecule has 3 heteroatoms. The van der Waals surface area contributed by atoms with Gasteiger partial charge >= 0.3 is 0 Å². The number of nitrogens with zero attached hydrogens (tertiary/aromatic N) is 3. The summed E-state index contributed by atoms with van der Waals surface area (Å²) in [5.74, 6) is 4.44. The van der Waals surface area contributed by atoms with Crippen molar-refractivity contribution in [2.75, 3.05) is 0 Å². The van der Waals surface area contributed by atoms with Crippen molar-refractivity contribution in [3.63, 3.8) is 0 Å². The SMILES string of the molecule is CCC1CC2Cc3cc(-c4c5ccccc5c(-c5ccc(-c6nc(-c7ccccc7)nc(-c7ccccc7)n6)cc5)c5ccccc45)ccc3C(C1)C2. The molecule has 7 aromatic carbocycles. The molecular formula is C50H41N3. The van der Waals surface area contributed by atoms with E-state index in [1.165, 1.54) is 75.9 Å². The molecule has 3 atom stereocenters. The van der Waals surface area contributed by atoms with Crippen molar-refractivity contribution in [1.29, 1.82) is 0 Å². The summed E-state index contributed by atoms with van der Waals surface area (Å²) in [7, 11) is 0. The molecule has 2 aliphatic carbocycles. The first-order valence-corrected chi connectivity index (χ1v) is 19.2. The minimum Gasteiger partial charge on any atom is -0.208 e. The lowest BCUT2D eigenvalue weighted by molar-refractivity contribution is 0.217. The number of hydrogen-bond acceptors (Lipinski definition) is 3. The van der Waals surface area contributed by atoms with Crippen LogP contribution in [0, 0.1) is 11.8 Å². The quantitative estimate of drug-likeness (QED) is 0.164. The average molecular weight is 684 g/mol. The lowest BCUT2D eigenvalue weighted by atomic mass is 9.65. The van der Waals surface area contributed by atoms with E-state index in [2.05, 4.69) is 97.9 Å². The van der Waals surface area contributed by atoms with Gasteiger partial charge in [0.05, 0.1) is 0 Å². The molecule has 0 saturated heterocycles. The monoisotopic (exact) mass is 683 g/mol. The summed E-state index contributed by atoms with van der Waals surface area (Å²) in [5, 5.41) is 5.13. The lowest BCUT2D eigenvalue weighted by Crippen LogP contribution is -2.28. The largest absolute Gasteiger partial charge is 0.208 e. The molecule has 10 rings (SSSR count). The van der Waals surface area contributed by atoms with Gasteiger partial charge in [0.1, 0.15) is 0 Å². The van der Waals surface area contributed by atoms with E-state index in [-0.39, 0.29) is 0 Å². The van der Waals surface area contributed by atoms with E-state index in [0.717, 1.165) is 34.4 Å². The second-order valence-electron chi connectivity index (χ2n) is 15.1. The Balaban J connectivity index is 1.09. The predicted octanol–water partition coefficient (Wildman–Crippen LogP) is 13.0. The fraction of sp³-hybridized carbons (Fsp3) is 0.180. The number of hydrogen-bond donors (Lipinski definition) is 0. The molecule has 1 fully saturated rings. The topological polar surface area (TPSA) is 38.7 Å². The van der Waals surface area contributed by atoms with Crippen LogP contribution in [0.5, 0.6) is 0 Å². The molecule has 0 spiro atoms. The molecule has 2 bridgehead atoms. The van der Waals surface area contributed by atoms with Gasteiger partial charge in [0, 0.05) is 16.7 Å². The number of aromatic nitrogens is 3. The second-order valence-corrected chi connectivity index (χ2v) is 15.1. The molecule has 0 amide bonds. The third-order valence-electron chi connectivity index (χ3n) is 11.9. The van der Waals surface area contributed by atoms with Crippen LogP contribution in [0.1, 0.15) is 49.7 Å². The first-order chi connectivity index (χ1) is 26.2. The highest BCUT2D eigenvalue weighted by Crippen LogP contribution is 2.49. The maximum atomic E-state index is 4.98. The van der Waals surface area contributed by atoms with E-state index in [0.29, 0.717) is 17.5 Å². The van der Waals surface area contributed by atoms with Crippen LogP contribution in [0.4, 0.5) is 0 Å². The Morgan fingerprint density at radius 2 is 0.906 bits per heavy atom. The van der Waals surface area contributed by atoms with Crippen LogP contribution in [0.2, 0.25) is 0 Å². The molecule has 53 heavy (non-hydrogen) atoms. The zero-order chi connectivity index (χ0) is 35.3. The van der Waals surface area contributed by atoms with Gasteiger partial charge in [-0.1, -0.05) is 165 Å². The van der Waals surface area contributed by atoms with Crippen LogP contribution in [0.25, 0.3) is 78.0 Å². The van der Waals surface area contributed by atoms with Crippen LogP contribution < -0.4 is 0 Å². The summed E-state index contributed by atoms with van der Waals surface area (Å²) < 4.78 is 0. The van der Waals surface area contributed by atoms with Crippen LogP contribution in [0.3, 0.4) is 0 Å². The van der Waals surface area contributed by atoms with E-state index in [9.17, 15) is 0 Å². The van der Waals surface area contributed by atoms with Gasteiger partial charge < -0.3 is 0 Å². The van der Waals surface area contributed by atoms with Gasteiger partial charge in [-0.15, -0.1) is 0 Å². The number of fused-ring (bicyclic) bond motifs is 6. The van der Waals surface area contributed by atoms with Gasteiger partial charge in [0.2, 0.25) is 0 Å². The maximum absolute atomic E-state index is 4.98. The molecule has 1 aromatic heterocycles. The smallest absolute Gasteiger partial charge is 0.164 e. The van der Waals surface area contributed by atoms with Gasteiger partial charge in [-0.2, -0.15) is 0 Å². The molecule has 2 aliphatic rings. The molecule has 1 heterocycles. The maximum Gasteiger partial charge on any atom is 0.164 e. The van der Waals surface area contributed by atoms with Crippen molar-refractivity contribution in [1.82, 2.24) is 15.0 Å². The molecule has 0 aliphatic heterocycles. The van der Waals surface area contributed by atoms with Crippen molar-refractivity contribution < 1.29 is 0 Å². The van der Waals surface area contributed by atoms with Crippen molar-refractivity contribution in [3.05, 3.63) is 163 Å². The van der Waals surface area contributed by atoms with Gasteiger partial charge in [0.25, 0.3) is 0 Å². The summed E-state index contributed by atoms with van der Waals surface area (Å²) in [5.41, 5.74) is 11.2. The minimum absolute atomic E-state index is 0.663. The summed E-state index contributed by atoms with van der Waals surface area (Å²) in [6.45, 7) is 2.38. The first-order valence-electron chi connectivity index (χ1n) is 19.2. The summed E-state index contributed by atoms with van der Waals surface area (Å²) in [4.78, 5) is 14.9. The Morgan fingerprint density at radius 1 is 0.453 bits per heavy atom. The molecule has 256 valence electrons. The summed E-state index contributed by atoms with van der Waals surface area (Å²) >= 11 is 0. The zero-order valence-electron chi connectivity index (χ0n) is 30.0. The zero-order valence-corrected chi connectivity index (χ0v) is 30.0. The Kier molecular flexibility index (Phi) is 7.94. The standard InChI is InChI=1S/C50H41N3/c1-2-32-27-33-29-39(28-32)41-26-25-38(31-40(41)30-33)47-44-19-11-9-17-42(44)46(43-18-10-12-20-45(43)47)34-21-23-37(24-22-34)50-52-48(35-13-5-3-6-14-35)51-49(53-50)36-15-7-4-8-16-36/h3-26,31-33,39H,2,27-30H2,1H3. The van der Waals surface area contributed by atoms with Crippen LogP contribution in [-0.4, -0.2) is 15.0 Å². The molecule has 3 unspecified atom stereocenters. The third-order valence-corrected chi connectivity index (χ3v) is 11.9. The van der Waals surface area contributed by atoms with E-state index in [4.69, 9.17) is 15.0 Å². The molecule has 0 N–H and O–H groups in total. The number of benzene rings is 7. The van der Waals surface area contributed by atoms with Crippen molar-refractivity contribution >= 4 is 21.5 Å². The van der Waals surface area contributed by atoms with E-state index < -0.39 is 0 Å². The van der Waals surface area contributed by atoms with E-state index in [1.807, 2.05) is 60.7 Å². The van der Waals surface area contributed by atoms with E-state index >= 15 is 0 Å². The highest BCUT2D eigenvalue weighted by molar-refractivity contribution is 6.21. The Labute approximate surface area is 311 Å². The normalized spacial score (nSPS) is 17.9. The predicted molar refractivity (Wildman–Crippen MR) is 220 cm³/mol. The van der Waals surface area contributed by atoms with Gasteiger partial charge in [-0.3, -0.25) is 0 Å². The van der Waals surface area contributed by atoms with Gasteiger partial charge in [-0.05, 0) is 98.4 Å². The van der Waals surface area contributed by atoms with Crippen molar-refractivity contribution in [2.45, 2.75) is 44.9 Å². The third kappa shape index (κ3) is 5.72. The van der Waals surface area contributed by atoms with Crippen molar-refractivity contribution in [2.24, 2.45) is 11.8 Å². The van der Waals surface area contributed by atoms with Gasteiger partial charge in [0.15, 0.2) is 17.5 Å². The van der Waals surface area contributed by atoms with Crippen LogP contribution >= 0.6 is 0 Å². The second kappa shape index (κ2) is 13.2. The van der Waals surface area contributed by atoms with Gasteiger partial charge in [-0.25, -0.2) is 15.0 Å². The van der Waals surface area contributed by atoms with Crippen LogP contribution in [0.15, 0.2) is 152 Å². The minimum atomic E-state index is 0.663. The average Bonchev–Trinajstić information content (AvgIpc) is 3.23. The molecular weight excluding hydrogens is 643 g/mol. The lowest BCUT2D eigenvalue weighted by Gasteiger charge is -2.40. The molecule has 0 radical (unpaired) electrons. The molecule has 1 saturated carbocycles. The van der Waals surface area contributed by atoms with Crippen LogP contribution in [-0.2, 0) is 6.42 Å². The Bertz CT molecular complexity index is 2500. The number of rotatable bonds is 6. The highest BCUT2D eigenvalue weighted by atomic mass is 15.0. The molecule has 3 nitrogen and oxygen atoms in total.